The summed E-state index contributed by atoms with van der Waals surface area (Å²) < 4.78 is 1.65. The number of benzene rings is 1. The average molecular weight is 236 g/mol. The number of pyridine rings is 2. The van der Waals surface area contributed by atoms with Gasteiger partial charge in [0.25, 0.3) is 5.56 Å². The lowest BCUT2D eigenvalue weighted by Crippen LogP contribution is -2.18. The van der Waals surface area contributed by atoms with Gasteiger partial charge in [0.1, 0.15) is 0 Å². The fourth-order valence-corrected chi connectivity index (χ4v) is 1.96. The van der Waals surface area contributed by atoms with Crippen molar-refractivity contribution in [3.8, 4) is 0 Å². The Bertz CT molecular complexity index is 746. The second-order valence-corrected chi connectivity index (χ2v) is 4.16. The molecule has 2 heterocycles. The number of fused-ring (bicyclic) bond motifs is 1. The first-order valence-corrected chi connectivity index (χ1v) is 5.83. The highest BCUT2D eigenvalue weighted by atomic mass is 16.1. The summed E-state index contributed by atoms with van der Waals surface area (Å²) in [6.07, 6.45) is 1.78. The molecule has 0 saturated heterocycles. The number of hydrogen-bond acceptors (Lipinski definition) is 2. The van der Waals surface area contributed by atoms with E-state index in [1.807, 2.05) is 42.5 Å². The molecule has 0 fully saturated rings. The summed E-state index contributed by atoms with van der Waals surface area (Å²) in [6.45, 7) is 0.504. The molecule has 0 unspecified atom stereocenters. The summed E-state index contributed by atoms with van der Waals surface area (Å²) in [7, 11) is 0. The molecule has 88 valence electrons. The van der Waals surface area contributed by atoms with Gasteiger partial charge in [-0.1, -0.05) is 30.3 Å². The van der Waals surface area contributed by atoms with E-state index >= 15 is 0 Å². The van der Waals surface area contributed by atoms with Crippen LogP contribution in [0.15, 0.2) is 65.6 Å². The lowest BCUT2D eigenvalue weighted by molar-refractivity contribution is 0.742. The lowest BCUT2D eigenvalue weighted by Gasteiger charge is -2.05. The van der Waals surface area contributed by atoms with Gasteiger partial charge < -0.3 is 4.57 Å². The Morgan fingerprint density at radius 2 is 1.78 bits per heavy atom. The van der Waals surface area contributed by atoms with Crippen molar-refractivity contribution in [1.29, 1.82) is 0 Å². The van der Waals surface area contributed by atoms with Crippen LogP contribution in [0.2, 0.25) is 0 Å². The van der Waals surface area contributed by atoms with E-state index < -0.39 is 0 Å². The molecule has 3 rings (SSSR count). The highest BCUT2D eigenvalue weighted by molar-refractivity contribution is 5.78. The van der Waals surface area contributed by atoms with Crippen LogP contribution in [0.25, 0.3) is 10.9 Å². The van der Waals surface area contributed by atoms with Gasteiger partial charge in [-0.15, -0.1) is 0 Å². The minimum Gasteiger partial charge on any atom is -0.310 e. The van der Waals surface area contributed by atoms with Gasteiger partial charge in [-0.05, 0) is 18.2 Å². The zero-order chi connectivity index (χ0) is 12.4. The van der Waals surface area contributed by atoms with Crippen molar-refractivity contribution in [1.82, 2.24) is 9.55 Å². The van der Waals surface area contributed by atoms with E-state index in [0.29, 0.717) is 6.54 Å². The highest BCUT2D eigenvalue weighted by Crippen LogP contribution is 2.12. The van der Waals surface area contributed by atoms with E-state index in [1.54, 1.807) is 22.9 Å². The zero-order valence-electron chi connectivity index (χ0n) is 9.78. The molecule has 3 heteroatoms. The van der Waals surface area contributed by atoms with E-state index in [9.17, 15) is 4.79 Å². The van der Waals surface area contributed by atoms with Crippen molar-refractivity contribution in [3.05, 3.63) is 76.8 Å². The van der Waals surface area contributed by atoms with Crippen molar-refractivity contribution >= 4 is 10.9 Å². The van der Waals surface area contributed by atoms with E-state index in [-0.39, 0.29) is 5.56 Å². The van der Waals surface area contributed by atoms with Crippen LogP contribution in [0.3, 0.4) is 0 Å². The zero-order valence-corrected chi connectivity index (χ0v) is 9.78. The first kappa shape index (κ1) is 10.7. The number of aromatic nitrogens is 2. The highest BCUT2D eigenvalue weighted by Gasteiger charge is 2.00. The van der Waals surface area contributed by atoms with Crippen LogP contribution in [0.5, 0.6) is 0 Å². The molecule has 2 aromatic heterocycles. The van der Waals surface area contributed by atoms with Gasteiger partial charge in [-0.25, -0.2) is 0 Å². The van der Waals surface area contributed by atoms with Gasteiger partial charge in [0.05, 0.1) is 17.8 Å². The van der Waals surface area contributed by atoms with Crippen molar-refractivity contribution < 1.29 is 0 Å². The molecular formula is C15H12N2O. The SMILES string of the molecule is O=c1ccccn1Cc1ccc2ccccc2n1. The number of rotatable bonds is 2. The molecular weight excluding hydrogens is 224 g/mol. The van der Waals surface area contributed by atoms with Crippen molar-refractivity contribution in [3.63, 3.8) is 0 Å². The Morgan fingerprint density at radius 3 is 2.67 bits per heavy atom. The van der Waals surface area contributed by atoms with Crippen molar-refractivity contribution in [2.45, 2.75) is 6.54 Å². The first-order chi connectivity index (χ1) is 8.83. The topological polar surface area (TPSA) is 34.9 Å². The van der Waals surface area contributed by atoms with Crippen LogP contribution in [0, 0.1) is 0 Å². The van der Waals surface area contributed by atoms with Gasteiger partial charge in [0, 0.05) is 17.6 Å². The third-order valence-corrected chi connectivity index (χ3v) is 2.89. The summed E-state index contributed by atoms with van der Waals surface area (Å²) in [4.78, 5) is 16.2. The fourth-order valence-electron chi connectivity index (χ4n) is 1.96. The molecule has 0 saturated carbocycles. The third-order valence-electron chi connectivity index (χ3n) is 2.89. The van der Waals surface area contributed by atoms with Crippen molar-refractivity contribution in [2.24, 2.45) is 0 Å². The van der Waals surface area contributed by atoms with Crippen LogP contribution < -0.4 is 5.56 Å². The molecule has 1 aromatic carbocycles. The molecule has 0 radical (unpaired) electrons. The second kappa shape index (κ2) is 4.45. The summed E-state index contributed by atoms with van der Waals surface area (Å²) in [6, 6.07) is 17.1. The van der Waals surface area contributed by atoms with Gasteiger partial charge >= 0.3 is 0 Å². The molecule has 0 aliphatic heterocycles. The number of nitrogens with zero attached hydrogens (tertiary/aromatic N) is 2. The van der Waals surface area contributed by atoms with Crippen LogP contribution in [-0.2, 0) is 6.54 Å². The van der Waals surface area contributed by atoms with E-state index in [0.717, 1.165) is 16.6 Å². The largest absolute Gasteiger partial charge is 0.310 e. The molecule has 3 aromatic rings. The van der Waals surface area contributed by atoms with E-state index in [1.165, 1.54) is 0 Å². The van der Waals surface area contributed by atoms with Gasteiger partial charge in [-0.2, -0.15) is 0 Å². The monoisotopic (exact) mass is 236 g/mol. The quantitative estimate of drug-likeness (QED) is 0.685. The molecule has 0 bridgehead atoms. The Labute approximate surface area is 104 Å². The molecule has 0 amide bonds. The third kappa shape index (κ3) is 2.02. The maximum Gasteiger partial charge on any atom is 0.250 e. The lowest BCUT2D eigenvalue weighted by atomic mass is 10.2. The minimum atomic E-state index is -0.00698. The second-order valence-electron chi connectivity index (χ2n) is 4.16. The molecule has 18 heavy (non-hydrogen) atoms. The van der Waals surface area contributed by atoms with Gasteiger partial charge in [0.15, 0.2) is 0 Å². The molecule has 3 nitrogen and oxygen atoms in total. The number of hydrogen-bond donors (Lipinski definition) is 0. The average Bonchev–Trinajstić information content (AvgIpc) is 2.41. The standard InChI is InChI=1S/C15H12N2O/c18-15-7-3-4-10-17(15)11-13-9-8-12-5-1-2-6-14(12)16-13/h1-10H,11H2. The smallest absolute Gasteiger partial charge is 0.250 e. The van der Waals surface area contributed by atoms with Gasteiger partial charge in [0.2, 0.25) is 0 Å². The maximum atomic E-state index is 11.6. The van der Waals surface area contributed by atoms with E-state index in [4.69, 9.17) is 0 Å². The maximum absolute atomic E-state index is 11.6. The first-order valence-electron chi connectivity index (χ1n) is 5.83. The molecule has 0 spiro atoms. The fraction of sp³-hybridized carbons (Fsp3) is 0.0667. The number of para-hydroxylation sites is 1. The van der Waals surface area contributed by atoms with Crippen LogP contribution in [0.1, 0.15) is 5.69 Å². The van der Waals surface area contributed by atoms with Gasteiger partial charge in [-0.3, -0.25) is 9.78 Å². The molecule has 0 aliphatic rings. The molecule has 0 N–H and O–H groups in total. The molecule has 0 atom stereocenters. The summed E-state index contributed by atoms with van der Waals surface area (Å²) in [5, 5.41) is 1.11. The van der Waals surface area contributed by atoms with E-state index in [2.05, 4.69) is 4.98 Å². The minimum absolute atomic E-state index is 0.00698. The summed E-state index contributed by atoms with van der Waals surface area (Å²) in [5.74, 6) is 0. The Morgan fingerprint density at radius 1 is 0.944 bits per heavy atom. The summed E-state index contributed by atoms with van der Waals surface area (Å²) in [5.41, 5.74) is 1.84. The van der Waals surface area contributed by atoms with Crippen LogP contribution in [0.4, 0.5) is 0 Å². The normalized spacial score (nSPS) is 10.7. The Balaban J connectivity index is 2.01. The van der Waals surface area contributed by atoms with Crippen molar-refractivity contribution in [2.75, 3.05) is 0 Å². The van der Waals surface area contributed by atoms with Crippen LogP contribution in [-0.4, -0.2) is 9.55 Å². The Hall–Kier alpha value is -2.42. The molecule has 0 aliphatic carbocycles. The Kier molecular flexibility index (Phi) is 2.65. The predicted molar refractivity (Wildman–Crippen MR) is 71.5 cm³/mol. The van der Waals surface area contributed by atoms with Crippen LogP contribution >= 0.6 is 0 Å². The summed E-state index contributed by atoms with van der Waals surface area (Å²) >= 11 is 0. The predicted octanol–water partition coefficient (Wildman–Crippen LogP) is 2.44.